The topological polar surface area (TPSA) is 18.5 Å². The largest absolute Gasteiger partial charge is 0.382 e. The Labute approximate surface area is 70.2 Å². The van der Waals surface area contributed by atoms with Crippen LogP contribution in [0.15, 0.2) is 13.2 Å². The second-order valence-corrected chi connectivity index (χ2v) is 1.75. The molecule has 0 N–H and O–H groups in total. The van der Waals surface area contributed by atoms with Crippen LogP contribution in [-0.2, 0) is 9.47 Å². The first-order chi connectivity index (χ1) is 5.41. The van der Waals surface area contributed by atoms with Crippen molar-refractivity contribution in [1.29, 1.82) is 0 Å². The third-order valence-corrected chi connectivity index (χ3v) is 0.986. The summed E-state index contributed by atoms with van der Waals surface area (Å²) in [4.78, 5) is 0. The van der Waals surface area contributed by atoms with Gasteiger partial charge in [0.1, 0.15) is 0 Å². The van der Waals surface area contributed by atoms with Crippen LogP contribution in [0.1, 0.15) is 20.3 Å². The lowest BCUT2D eigenvalue weighted by atomic mass is 10.5. The van der Waals surface area contributed by atoms with Crippen molar-refractivity contribution >= 4 is 0 Å². The van der Waals surface area contributed by atoms with Crippen LogP contribution in [0.3, 0.4) is 0 Å². The summed E-state index contributed by atoms with van der Waals surface area (Å²) in [5.74, 6) is 0. The van der Waals surface area contributed by atoms with Gasteiger partial charge < -0.3 is 9.47 Å². The lowest BCUT2D eigenvalue weighted by Gasteiger charge is -2.00. The molecule has 0 aromatic carbocycles. The summed E-state index contributed by atoms with van der Waals surface area (Å²) in [6.07, 6.45) is 1.02. The molecule has 0 atom stereocenters. The van der Waals surface area contributed by atoms with E-state index in [9.17, 15) is 0 Å². The first-order valence-corrected chi connectivity index (χ1v) is 4.07. The minimum absolute atomic E-state index is 0.812. The fourth-order valence-electron chi connectivity index (χ4n) is 0.552. The van der Waals surface area contributed by atoms with Crippen molar-refractivity contribution in [3.05, 3.63) is 13.2 Å². The van der Waals surface area contributed by atoms with E-state index in [1.807, 2.05) is 13.8 Å². The van der Waals surface area contributed by atoms with E-state index in [2.05, 4.69) is 13.2 Å². The van der Waals surface area contributed by atoms with Crippen molar-refractivity contribution in [2.24, 2.45) is 0 Å². The Hall–Kier alpha value is -0.340. The smallest absolute Gasteiger partial charge is 0.0487 e. The maximum Gasteiger partial charge on any atom is 0.0487 e. The van der Waals surface area contributed by atoms with Gasteiger partial charge in [-0.1, -0.05) is 0 Å². The van der Waals surface area contributed by atoms with Gasteiger partial charge in [0.2, 0.25) is 0 Å². The van der Waals surface area contributed by atoms with Crippen LogP contribution in [0.4, 0.5) is 0 Å². The van der Waals surface area contributed by atoms with Gasteiger partial charge in [0.25, 0.3) is 0 Å². The van der Waals surface area contributed by atoms with E-state index in [1.54, 1.807) is 0 Å². The Bertz CT molecular complexity index is 49.5. The second kappa shape index (κ2) is 16.3. The molecule has 0 radical (unpaired) electrons. The molecular weight excluding hydrogens is 140 g/mol. The van der Waals surface area contributed by atoms with Crippen LogP contribution in [-0.4, -0.2) is 26.4 Å². The number of hydrogen-bond donors (Lipinski definition) is 0. The van der Waals surface area contributed by atoms with Gasteiger partial charge in [-0.05, 0) is 20.3 Å². The van der Waals surface area contributed by atoms with Crippen molar-refractivity contribution in [2.45, 2.75) is 20.3 Å². The number of rotatable bonds is 6. The normalized spacial score (nSPS) is 8.55. The molecule has 0 amide bonds. The highest BCUT2D eigenvalue weighted by Crippen LogP contribution is 1.83. The van der Waals surface area contributed by atoms with Crippen LogP contribution >= 0.6 is 0 Å². The van der Waals surface area contributed by atoms with Crippen LogP contribution in [0.5, 0.6) is 0 Å². The average Bonchev–Trinajstić information content (AvgIpc) is 2.08. The molecule has 0 bridgehead atoms. The van der Waals surface area contributed by atoms with E-state index in [-0.39, 0.29) is 0 Å². The third-order valence-electron chi connectivity index (χ3n) is 0.986. The van der Waals surface area contributed by atoms with Crippen LogP contribution < -0.4 is 0 Å². The Morgan fingerprint density at radius 1 is 0.909 bits per heavy atom. The van der Waals surface area contributed by atoms with E-state index in [4.69, 9.17) is 9.47 Å². The molecule has 68 valence electrons. The zero-order valence-corrected chi connectivity index (χ0v) is 7.77. The van der Waals surface area contributed by atoms with Gasteiger partial charge in [0.15, 0.2) is 0 Å². The molecule has 0 spiro atoms. The zero-order valence-electron chi connectivity index (χ0n) is 7.77. The van der Waals surface area contributed by atoms with Gasteiger partial charge in [-0.2, -0.15) is 0 Å². The van der Waals surface area contributed by atoms with Crippen molar-refractivity contribution in [2.75, 3.05) is 26.4 Å². The highest BCUT2D eigenvalue weighted by atomic mass is 16.5. The number of hydrogen-bond acceptors (Lipinski definition) is 2. The van der Waals surface area contributed by atoms with E-state index in [1.165, 1.54) is 0 Å². The average molecular weight is 160 g/mol. The predicted octanol–water partition coefficient (Wildman–Crippen LogP) is 2.25. The van der Waals surface area contributed by atoms with Gasteiger partial charge in [-0.25, -0.2) is 0 Å². The Morgan fingerprint density at radius 2 is 1.27 bits per heavy atom. The van der Waals surface area contributed by atoms with Crippen molar-refractivity contribution in [1.82, 2.24) is 0 Å². The molecule has 0 saturated heterocycles. The molecule has 0 aromatic rings. The molecule has 0 saturated carbocycles. The standard InChI is InChI=1S/C7H16O2.C2H4/c1-3-8-6-5-7-9-4-2;1-2/h3-7H2,1-2H3;1-2H2. The molecule has 2 nitrogen and oxygen atoms in total. The van der Waals surface area contributed by atoms with Crippen LogP contribution in [0.25, 0.3) is 0 Å². The van der Waals surface area contributed by atoms with E-state index < -0.39 is 0 Å². The van der Waals surface area contributed by atoms with E-state index in [0.717, 1.165) is 32.8 Å². The van der Waals surface area contributed by atoms with Crippen LogP contribution in [0, 0.1) is 0 Å². The fraction of sp³-hybridized carbons (Fsp3) is 0.778. The van der Waals surface area contributed by atoms with E-state index >= 15 is 0 Å². The molecule has 0 aliphatic heterocycles. The SMILES string of the molecule is C=C.CCOCCCOCC. The summed E-state index contributed by atoms with van der Waals surface area (Å²) in [7, 11) is 0. The molecule has 0 fully saturated rings. The van der Waals surface area contributed by atoms with E-state index in [0.29, 0.717) is 0 Å². The van der Waals surface area contributed by atoms with Crippen molar-refractivity contribution in [3.63, 3.8) is 0 Å². The zero-order chi connectivity index (χ0) is 8.95. The quantitative estimate of drug-likeness (QED) is 0.438. The molecule has 0 aliphatic rings. The first kappa shape index (κ1) is 13.3. The van der Waals surface area contributed by atoms with Gasteiger partial charge in [-0.15, -0.1) is 13.2 Å². The summed E-state index contributed by atoms with van der Waals surface area (Å²) in [5, 5.41) is 0. The van der Waals surface area contributed by atoms with Crippen molar-refractivity contribution in [3.8, 4) is 0 Å². The molecule has 0 rings (SSSR count). The molecule has 0 unspecified atom stereocenters. The summed E-state index contributed by atoms with van der Waals surface area (Å²) in [6, 6.07) is 0. The Kier molecular flexibility index (Phi) is 19.7. The van der Waals surface area contributed by atoms with Gasteiger partial charge in [-0.3, -0.25) is 0 Å². The molecule has 2 heteroatoms. The lowest BCUT2D eigenvalue weighted by Crippen LogP contribution is -1.99. The van der Waals surface area contributed by atoms with Gasteiger partial charge in [0, 0.05) is 26.4 Å². The molecule has 0 aliphatic carbocycles. The highest BCUT2D eigenvalue weighted by Gasteiger charge is 1.84. The Morgan fingerprint density at radius 3 is 1.55 bits per heavy atom. The number of ether oxygens (including phenoxy) is 2. The van der Waals surface area contributed by atoms with Gasteiger partial charge in [0.05, 0.1) is 0 Å². The monoisotopic (exact) mass is 160 g/mol. The van der Waals surface area contributed by atoms with Crippen molar-refractivity contribution < 1.29 is 9.47 Å². The van der Waals surface area contributed by atoms with Gasteiger partial charge >= 0.3 is 0 Å². The minimum Gasteiger partial charge on any atom is -0.382 e. The fourth-order valence-corrected chi connectivity index (χ4v) is 0.552. The highest BCUT2D eigenvalue weighted by molar-refractivity contribution is 4.31. The lowest BCUT2D eigenvalue weighted by molar-refractivity contribution is 0.0939. The third kappa shape index (κ3) is 17.7. The molecular formula is C9H20O2. The maximum absolute atomic E-state index is 5.10. The molecule has 0 heterocycles. The first-order valence-electron chi connectivity index (χ1n) is 4.07. The Balaban J connectivity index is 0. The molecule has 11 heavy (non-hydrogen) atoms. The summed E-state index contributed by atoms with van der Waals surface area (Å²) < 4.78 is 10.2. The second-order valence-electron chi connectivity index (χ2n) is 1.75. The maximum atomic E-state index is 5.10. The predicted molar refractivity (Wildman–Crippen MR) is 48.9 cm³/mol. The summed E-state index contributed by atoms with van der Waals surface area (Å²) >= 11 is 0. The van der Waals surface area contributed by atoms with Crippen LogP contribution in [0.2, 0.25) is 0 Å². The molecule has 0 aromatic heterocycles. The summed E-state index contributed by atoms with van der Waals surface area (Å²) in [5.41, 5.74) is 0. The summed E-state index contributed by atoms with van der Waals surface area (Å²) in [6.45, 7) is 13.3. The minimum atomic E-state index is 0.812.